The summed E-state index contributed by atoms with van der Waals surface area (Å²) in [5, 5.41) is 3.53. The van der Waals surface area contributed by atoms with Crippen molar-refractivity contribution < 1.29 is 4.79 Å². The Morgan fingerprint density at radius 1 is 1.44 bits per heavy atom. The Morgan fingerprint density at radius 3 is 2.62 bits per heavy atom. The minimum absolute atomic E-state index is 0.184. The molecule has 16 heavy (non-hydrogen) atoms. The second-order valence-electron chi connectivity index (χ2n) is 5.79. The summed E-state index contributed by atoms with van der Waals surface area (Å²) < 4.78 is 0. The summed E-state index contributed by atoms with van der Waals surface area (Å²) in [6.07, 6.45) is 5.80. The lowest BCUT2D eigenvalue weighted by molar-refractivity contribution is -0.133. The molecule has 1 N–H and O–H groups in total. The smallest absolute Gasteiger partial charge is 0.244 e. The van der Waals surface area contributed by atoms with Gasteiger partial charge < -0.3 is 4.90 Å². The van der Waals surface area contributed by atoms with Gasteiger partial charge in [0, 0.05) is 6.54 Å². The first-order valence-electron chi connectivity index (χ1n) is 6.64. The van der Waals surface area contributed by atoms with E-state index in [-0.39, 0.29) is 11.7 Å². The van der Waals surface area contributed by atoms with E-state index in [1.807, 2.05) is 4.90 Å². The first kappa shape index (κ1) is 11.9. The number of nitrogens with zero attached hydrogens (tertiary/aromatic N) is 1. The zero-order chi connectivity index (χ0) is 11.8. The molecule has 0 bridgehead atoms. The Kier molecular flexibility index (Phi) is 3.24. The number of rotatable bonds is 3. The van der Waals surface area contributed by atoms with E-state index >= 15 is 0 Å². The van der Waals surface area contributed by atoms with Crippen LogP contribution >= 0.6 is 0 Å². The van der Waals surface area contributed by atoms with Crippen LogP contribution in [0.2, 0.25) is 0 Å². The molecule has 0 radical (unpaired) electrons. The molecule has 2 aliphatic rings. The summed E-state index contributed by atoms with van der Waals surface area (Å²) in [6.45, 7) is 7.45. The van der Waals surface area contributed by atoms with Gasteiger partial charge in [-0.15, -0.1) is 0 Å². The molecule has 1 aliphatic carbocycles. The predicted octanol–water partition coefficient (Wildman–Crippen LogP) is 2.12. The van der Waals surface area contributed by atoms with Crippen molar-refractivity contribution in [3.63, 3.8) is 0 Å². The van der Waals surface area contributed by atoms with Crippen molar-refractivity contribution in [3.05, 3.63) is 0 Å². The average molecular weight is 224 g/mol. The second kappa shape index (κ2) is 4.36. The molecule has 0 aromatic rings. The molecule has 1 saturated heterocycles. The molecular weight excluding hydrogens is 200 g/mol. The number of carbonyl (C=O) groups is 1. The number of carbonyl (C=O) groups excluding carboxylic acids is 1. The molecule has 1 unspecified atom stereocenters. The minimum Gasteiger partial charge on any atom is -0.326 e. The maximum absolute atomic E-state index is 12.4. The van der Waals surface area contributed by atoms with Crippen LogP contribution in [0.3, 0.4) is 0 Å². The number of hydrogen-bond donors (Lipinski definition) is 1. The first-order chi connectivity index (χ1) is 7.55. The largest absolute Gasteiger partial charge is 0.326 e. The average Bonchev–Trinajstić information content (AvgIpc) is 2.74. The third kappa shape index (κ3) is 1.97. The topological polar surface area (TPSA) is 32.3 Å². The highest BCUT2D eigenvalue weighted by atomic mass is 16.2. The van der Waals surface area contributed by atoms with Gasteiger partial charge in [-0.2, -0.15) is 0 Å². The molecule has 1 spiro atoms. The third-order valence-corrected chi connectivity index (χ3v) is 4.03. The Labute approximate surface area is 98.6 Å². The van der Waals surface area contributed by atoms with Crippen LogP contribution in [0.25, 0.3) is 0 Å². The van der Waals surface area contributed by atoms with Gasteiger partial charge in [-0.3, -0.25) is 10.1 Å². The molecule has 3 nitrogen and oxygen atoms in total. The van der Waals surface area contributed by atoms with Gasteiger partial charge in [-0.05, 0) is 32.1 Å². The van der Waals surface area contributed by atoms with Crippen LogP contribution in [0.4, 0.5) is 0 Å². The van der Waals surface area contributed by atoms with Crippen LogP contribution in [0.15, 0.2) is 0 Å². The fourth-order valence-corrected chi connectivity index (χ4v) is 3.02. The van der Waals surface area contributed by atoms with E-state index in [4.69, 9.17) is 0 Å². The zero-order valence-electron chi connectivity index (χ0n) is 10.8. The Hall–Kier alpha value is -0.570. The quantitative estimate of drug-likeness (QED) is 0.796. The molecule has 1 saturated carbocycles. The molecule has 2 fully saturated rings. The predicted molar refractivity (Wildman–Crippen MR) is 65.0 cm³/mol. The van der Waals surface area contributed by atoms with Crippen molar-refractivity contribution in [1.29, 1.82) is 0 Å². The van der Waals surface area contributed by atoms with Gasteiger partial charge in [0.2, 0.25) is 5.91 Å². The standard InChI is InChI=1S/C13H24N2O/c1-10(2)6-9-15-11(3)14-13(12(15)16)7-4-5-8-13/h10-11,14H,4-9H2,1-3H3. The summed E-state index contributed by atoms with van der Waals surface area (Å²) in [5.41, 5.74) is -0.184. The van der Waals surface area contributed by atoms with Crippen molar-refractivity contribution >= 4 is 5.91 Å². The highest BCUT2D eigenvalue weighted by Crippen LogP contribution is 2.36. The molecule has 1 amide bonds. The molecule has 0 aromatic carbocycles. The van der Waals surface area contributed by atoms with Gasteiger partial charge in [0.15, 0.2) is 0 Å². The maximum Gasteiger partial charge on any atom is 0.244 e. The van der Waals surface area contributed by atoms with E-state index in [0.29, 0.717) is 11.8 Å². The van der Waals surface area contributed by atoms with E-state index in [2.05, 4.69) is 26.1 Å². The van der Waals surface area contributed by atoms with Gasteiger partial charge in [0.25, 0.3) is 0 Å². The van der Waals surface area contributed by atoms with E-state index in [1.54, 1.807) is 0 Å². The monoisotopic (exact) mass is 224 g/mol. The lowest BCUT2D eigenvalue weighted by Crippen LogP contribution is -2.44. The van der Waals surface area contributed by atoms with Crippen molar-refractivity contribution in [2.24, 2.45) is 5.92 Å². The van der Waals surface area contributed by atoms with Gasteiger partial charge in [-0.25, -0.2) is 0 Å². The minimum atomic E-state index is -0.184. The number of hydrogen-bond acceptors (Lipinski definition) is 2. The van der Waals surface area contributed by atoms with Crippen LogP contribution in [-0.2, 0) is 4.79 Å². The lowest BCUT2D eigenvalue weighted by atomic mass is 9.98. The van der Waals surface area contributed by atoms with Gasteiger partial charge >= 0.3 is 0 Å². The first-order valence-corrected chi connectivity index (χ1v) is 6.64. The van der Waals surface area contributed by atoms with E-state index < -0.39 is 0 Å². The van der Waals surface area contributed by atoms with Gasteiger partial charge in [0.1, 0.15) is 0 Å². The summed E-state index contributed by atoms with van der Waals surface area (Å²) in [4.78, 5) is 14.5. The highest BCUT2D eigenvalue weighted by Gasteiger charge is 2.50. The molecular formula is C13H24N2O. The van der Waals surface area contributed by atoms with Crippen molar-refractivity contribution in [1.82, 2.24) is 10.2 Å². The SMILES string of the molecule is CC(C)CCN1C(=O)C2(CCCC2)NC1C. The van der Waals surface area contributed by atoms with Crippen molar-refractivity contribution in [2.75, 3.05) is 6.54 Å². The summed E-state index contributed by atoms with van der Waals surface area (Å²) in [5.74, 6) is 1.03. The van der Waals surface area contributed by atoms with E-state index in [9.17, 15) is 4.79 Å². The van der Waals surface area contributed by atoms with Crippen molar-refractivity contribution in [2.45, 2.75) is 64.6 Å². The zero-order valence-corrected chi connectivity index (χ0v) is 10.8. The molecule has 1 atom stereocenters. The maximum atomic E-state index is 12.4. The third-order valence-electron chi connectivity index (χ3n) is 4.03. The van der Waals surface area contributed by atoms with E-state index in [1.165, 1.54) is 12.8 Å². The Balaban J connectivity index is 2.02. The molecule has 0 aromatic heterocycles. The highest BCUT2D eigenvalue weighted by molar-refractivity contribution is 5.89. The molecule has 92 valence electrons. The number of nitrogens with one attached hydrogen (secondary N) is 1. The Bertz CT molecular complexity index is 269. The Morgan fingerprint density at radius 2 is 2.06 bits per heavy atom. The van der Waals surface area contributed by atoms with Crippen LogP contribution in [0, 0.1) is 5.92 Å². The number of amides is 1. The van der Waals surface area contributed by atoms with E-state index in [0.717, 1.165) is 25.8 Å². The van der Waals surface area contributed by atoms with Gasteiger partial charge in [-0.1, -0.05) is 26.7 Å². The summed E-state index contributed by atoms with van der Waals surface area (Å²) in [7, 11) is 0. The molecule has 1 aliphatic heterocycles. The fourth-order valence-electron chi connectivity index (χ4n) is 3.02. The van der Waals surface area contributed by atoms with Crippen LogP contribution in [-0.4, -0.2) is 29.1 Å². The molecule has 3 heteroatoms. The molecule has 1 heterocycles. The summed E-state index contributed by atoms with van der Waals surface area (Å²) in [6, 6.07) is 0. The van der Waals surface area contributed by atoms with Gasteiger partial charge in [0.05, 0.1) is 11.7 Å². The fraction of sp³-hybridized carbons (Fsp3) is 0.923. The van der Waals surface area contributed by atoms with Crippen molar-refractivity contribution in [3.8, 4) is 0 Å². The van der Waals surface area contributed by atoms with Crippen LogP contribution in [0.1, 0.15) is 52.9 Å². The molecule has 2 rings (SSSR count). The van der Waals surface area contributed by atoms with Crippen LogP contribution < -0.4 is 5.32 Å². The normalized spacial score (nSPS) is 28.6. The summed E-state index contributed by atoms with van der Waals surface area (Å²) >= 11 is 0. The van der Waals surface area contributed by atoms with Crippen LogP contribution in [0.5, 0.6) is 0 Å². The lowest BCUT2D eigenvalue weighted by Gasteiger charge is -2.22. The second-order valence-corrected chi connectivity index (χ2v) is 5.79.